The molecule has 0 aliphatic heterocycles. The van der Waals surface area contributed by atoms with Gasteiger partial charge < -0.3 is 0 Å². The fourth-order valence-electron chi connectivity index (χ4n) is 9.13. The van der Waals surface area contributed by atoms with Crippen LogP contribution >= 0.6 is 11.8 Å². The average molecular weight is 375 g/mol. The first-order valence-corrected chi connectivity index (χ1v) is 13.6. The second-order valence-electron chi connectivity index (χ2n) is 11.2. The molecule has 5 fully saturated rings. The largest absolute Gasteiger partial charge is 0.165 e. The summed E-state index contributed by atoms with van der Waals surface area (Å²) in [6.07, 6.45) is 19.2. The molecule has 10 atom stereocenters. The summed E-state index contributed by atoms with van der Waals surface area (Å²) in [7, 11) is 0. The highest BCUT2D eigenvalue weighted by atomic mass is 32.2. The van der Waals surface area contributed by atoms with E-state index < -0.39 is 0 Å². The van der Waals surface area contributed by atoms with Crippen molar-refractivity contribution in [2.45, 2.75) is 84.5 Å². The van der Waals surface area contributed by atoms with Crippen LogP contribution in [0.15, 0.2) is 0 Å². The highest BCUT2D eigenvalue weighted by Crippen LogP contribution is 2.89. The summed E-state index contributed by atoms with van der Waals surface area (Å²) in [6, 6.07) is 0. The molecule has 5 rings (SSSR count). The highest BCUT2D eigenvalue weighted by Gasteiger charge is 2.84. The minimum Gasteiger partial charge on any atom is -0.165 e. The number of hydrogen-bond donors (Lipinski definition) is 0. The first-order chi connectivity index (χ1) is 12.7. The first-order valence-electron chi connectivity index (χ1n) is 12.2. The lowest BCUT2D eigenvalue weighted by molar-refractivity contribution is -0.423. The van der Waals surface area contributed by atoms with Gasteiger partial charge in [-0.1, -0.05) is 39.5 Å². The Morgan fingerprint density at radius 3 is 2.38 bits per heavy atom. The molecule has 0 nitrogen and oxygen atoms in total. The van der Waals surface area contributed by atoms with Gasteiger partial charge >= 0.3 is 0 Å². The predicted molar refractivity (Wildman–Crippen MR) is 114 cm³/mol. The van der Waals surface area contributed by atoms with E-state index >= 15 is 0 Å². The number of unbranched alkanes of at least 4 members (excludes halogenated alkanes) is 1. The Labute approximate surface area is 167 Å². The van der Waals surface area contributed by atoms with Crippen molar-refractivity contribution in [2.75, 3.05) is 12.0 Å². The van der Waals surface area contributed by atoms with Gasteiger partial charge in [0.2, 0.25) is 0 Å². The molecule has 5 aliphatic rings. The maximum Gasteiger partial charge on any atom is -0.00677 e. The standard InChI is InChI=1S/C25H42S/c1-4-5-6-17(12-14-26-3)15-16(2)11-13-25-21-10-9-20(21)24(25)22-18-7-8-19(18)23(22)25/h16-24H,4-15H2,1-3H3/t16-,17?,18?,19?,20?,21?,22?,23?,24?,25?/m1/s1. The third-order valence-electron chi connectivity index (χ3n) is 10.4. The Morgan fingerprint density at radius 2 is 1.73 bits per heavy atom. The lowest BCUT2D eigenvalue weighted by Gasteiger charge is -2.90. The van der Waals surface area contributed by atoms with Crippen LogP contribution in [0.2, 0.25) is 0 Å². The zero-order valence-corrected chi connectivity index (χ0v) is 18.4. The van der Waals surface area contributed by atoms with Gasteiger partial charge in [0.05, 0.1) is 0 Å². The van der Waals surface area contributed by atoms with Crippen LogP contribution in [0.5, 0.6) is 0 Å². The summed E-state index contributed by atoms with van der Waals surface area (Å²) < 4.78 is 0. The van der Waals surface area contributed by atoms with E-state index in [9.17, 15) is 0 Å². The van der Waals surface area contributed by atoms with E-state index in [1.165, 1.54) is 79.3 Å². The van der Waals surface area contributed by atoms with E-state index in [-0.39, 0.29) is 0 Å². The first kappa shape index (κ1) is 18.4. The summed E-state index contributed by atoms with van der Waals surface area (Å²) >= 11 is 2.05. The van der Waals surface area contributed by atoms with Crippen LogP contribution in [-0.4, -0.2) is 12.0 Å². The lowest BCUT2D eigenvalue weighted by atomic mass is 9.15. The minimum atomic E-state index is 0.904. The number of fused-ring (bicyclic) bond motifs is 10. The normalized spacial score (nSPS) is 48.8. The van der Waals surface area contributed by atoms with Crippen molar-refractivity contribution >= 4 is 11.8 Å². The minimum absolute atomic E-state index is 0.904. The molecule has 5 saturated carbocycles. The zero-order chi connectivity index (χ0) is 17.9. The van der Waals surface area contributed by atoms with Crippen LogP contribution in [0.4, 0.5) is 0 Å². The molecule has 26 heavy (non-hydrogen) atoms. The van der Waals surface area contributed by atoms with Crippen molar-refractivity contribution in [3.05, 3.63) is 0 Å². The SMILES string of the molecule is CCCCC(CCSC)C[C@H](C)CCC12C3CCC3C1C1C3CCC3C12. The molecule has 0 radical (unpaired) electrons. The van der Waals surface area contributed by atoms with Gasteiger partial charge in [-0.15, -0.1) is 0 Å². The summed E-state index contributed by atoms with van der Waals surface area (Å²) in [5.41, 5.74) is 0.904. The molecule has 9 unspecified atom stereocenters. The van der Waals surface area contributed by atoms with Crippen molar-refractivity contribution < 1.29 is 0 Å². The molecule has 1 heteroatoms. The van der Waals surface area contributed by atoms with Gasteiger partial charge in [0.15, 0.2) is 0 Å². The summed E-state index contributed by atoms with van der Waals surface area (Å²) in [6.45, 7) is 4.96. The van der Waals surface area contributed by atoms with Crippen molar-refractivity contribution in [3.63, 3.8) is 0 Å². The lowest BCUT2D eigenvalue weighted by Crippen LogP contribution is -2.85. The summed E-state index contributed by atoms with van der Waals surface area (Å²) in [4.78, 5) is 0. The van der Waals surface area contributed by atoms with Crippen LogP contribution in [-0.2, 0) is 0 Å². The van der Waals surface area contributed by atoms with Gasteiger partial charge in [0.1, 0.15) is 0 Å². The Kier molecular flexibility index (Phi) is 4.95. The Bertz CT molecular complexity index is 492. The van der Waals surface area contributed by atoms with Gasteiger partial charge in [-0.3, -0.25) is 0 Å². The van der Waals surface area contributed by atoms with Crippen molar-refractivity contribution in [1.82, 2.24) is 0 Å². The van der Waals surface area contributed by atoms with Gasteiger partial charge in [-0.25, -0.2) is 0 Å². The van der Waals surface area contributed by atoms with Crippen molar-refractivity contribution in [2.24, 2.45) is 58.7 Å². The van der Waals surface area contributed by atoms with Crippen molar-refractivity contribution in [1.29, 1.82) is 0 Å². The van der Waals surface area contributed by atoms with E-state index in [0.717, 1.165) is 17.3 Å². The molecular formula is C25H42S. The molecule has 5 aliphatic carbocycles. The molecule has 0 saturated heterocycles. The van der Waals surface area contributed by atoms with Crippen LogP contribution < -0.4 is 0 Å². The number of rotatable bonds is 11. The van der Waals surface area contributed by atoms with Crippen molar-refractivity contribution in [3.8, 4) is 0 Å². The fourth-order valence-corrected chi connectivity index (χ4v) is 9.70. The molecule has 0 N–H and O–H groups in total. The van der Waals surface area contributed by atoms with Gasteiger partial charge in [0, 0.05) is 0 Å². The highest BCUT2D eigenvalue weighted by molar-refractivity contribution is 7.98. The molecule has 0 spiro atoms. The molecule has 0 amide bonds. The molecule has 0 aromatic carbocycles. The van der Waals surface area contributed by atoms with Crippen LogP contribution in [0, 0.1) is 58.7 Å². The Hall–Kier alpha value is 0.350. The second kappa shape index (κ2) is 7.00. The molecule has 0 aromatic rings. The topological polar surface area (TPSA) is 0 Å². The monoisotopic (exact) mass is 374 g/mol. The Morgan fingerprint density at radius 1 is 0.962 bits per heavy atom. The number of thioether (sulfide) groups is 1. The molecule has 148 valence electrons. The molecular weight excluding hydrogens is 332 g/mol. The Balaban J connectivity index is 1.15. The average Bonchev–Trinajstić information content (AvgIpc) is 2.59. The summed E-state index contributed by atoms with van der Waals surface area (Å²) in [5, 5.41) is 0. The zero-order valence-electron chi connectivity index (χ0n) is 17.6. The molecule has 0 aromatic heterocycles. The fraction of sp³-hybridized carbons (Fsp3) is 1.00. The third kappa shape index (κ3) is 2.40. The smallest absolute Gasteiger partial charge is 0.00677 e. The van der Waals surface area contributed by atoms with Crippen LogP contribution in [0.25, 0.3) is 0 Å². The summed E-state index contributed by atoms with van der Waals surface area (Å²) in [5.74, 6) is 11.9. The molecule has 0 bridgehead atoms. The maximum absolute atomic E-state index is 2.60. The van der Waals surface area contributed by atoms with Gasteiger partial charge in [-0.05, 0) is 116 Å². The van der Waals surface area contributed by atoms with E-state index in [4.69, 9.17) is 0 Å². The van der Waals surface area contributed by atoms with E-state index in [1.807, 2.05) is 0 Å². The third-order valence-corrected chi connectivity index (χ3v) is 11.0. The van der Waals surface area contributed by atoms with Crippen LogP contribution in [0.3, 0.4) is 0 Å². The van der Waals surface area contributed by atoms with Gasteiger partial charge in [0.25, 0.3) is 0 Å². The second-order valence-corrected chi connectivity index (χ2v) is 12.1. The van der Waals surface area contributed by atoms with E-state index in [1.54, 1.807) is 38.5 Å². The maximum atomic E-state index is 2.60. The quantitative estimate of drug-likeness (QED) is 0.342. The van der Waals surface area contributed by atoms with Crippen LogP contribution in [0.1, 0.15) is 84.5 Å². The van der Waals surface area contributed by atoms with E-state index in [0.29, 0.717) is 0 Å². The predicted octanol–water partition coefficient (Wildman–Crippen LogP) is 7.28. The molecule has 0 heterocycles. The van der Waals surface area contributed by atoms with E-state index in [2.05, 4.69) is 31.9 Å². The number of hydrogen-bond acceptors (Lipinski definition) is 1. The van der Waals surface area contributed by atoms with Gasteiger partial charge in [-0.2, -0.15) is 11.8 Å².